The van der Waals surface area contributed by atoms with Crippen LogP contribution in [0.4, 0.5) is 5.82 Å². The monoisotopic (exact) mass is 425 g/mol. The maximum Gasteiger partial charge on any atom is 0.135 e. The van der Waals surface area contributed by atoms with E-state index in [1.165, 1.54) is 0 Å². The molecule has 2 rings (SSSR count). The minimum Gasteiger partial charge on any atom is -0.383 e. The van der Waals surface area contributed by atoms with Crippen LogP contribution in [0.3, 0.4) is 0 Å². The van der Waals surface area contributed by atoms with Gasteiger partial charge in [-0.25, -0.2) is 4.68 Å². The Hall–Kier alpha value is -0.270. The number of halogens is 3. The zero-order valence-corrected chi connectivity index (χ0v) is 13.5. The van der Waals surface area contributed by atoms with Crippen LogP contribution in [-0.4, -0.2) is 9.78 Å². The summed E-state index contributed by atoms with van der Waals surface area (Å²) in [4.78, 5) is 0. The zero-order valence-electron chi connectivity index (χ0n) is 8.99. The van der Waals surface area contributed by atoms with Crippen molar-refractivity contribution in [2.45, 2.75) is 13.0 Å². The third-order valence-electron chi connectivity index (χ3n) is 2.57. The molecule has 6 heteroatoms. The summed E-state index contributed by atoms with van der Waals surface area (Å²) < 4.78 is 3.68. The van der Waals surface area contributed by atoms with Crippen molar-refractivity contribution in [3.8, 4) is 0 Å². The summed E-state index contributed by atoms with van der Waals surface area (Å²) in [5.41, 5.74) is 6.96. The first-order valence-electron chi connectivity index (χ1n) is 4.94. The highest BCUT2D eigenvalue weighted by Crippen LogP contribution is 2.30. The van der Waals surface area contributed by atoms with Crippen LogP contribution in [0.2, 0.25) is 5.02 Å². The van der Waals surface area contributed by atoms with Crippen LogP contribution in [0.15, 0.2) is 28.9 Å². The second-order valence-electron chi connectivity index (χ2n) is 3.66. The molecule has 1 heterocycles. The smallest absolute Gasteiger partial charge is 0.135 e. The fraction of sp³-hybridized carbons (Fsp3) is 0.182. The maximum atomic E-state index is 6.22. The normalized spacial score (nSPS) is 12.7. The summed E-state index contributed by atoms with van der Waals surface area (Å²) in [6.07, 6.45) is 1.75. The van der Waals surface area contributed by atoms with Gasteiger partial charge >= 0.3 is 0 Å². The Morgan fingerprint density at radius 3 is 2.76 bits per heavy atom. The van der Waals surface area contributed by atoms with Crippen molar-refractivity contribution < 1.29 is 0 Å². The standard InChI is InChI=1S/C11H10BrClIN3/c1-6(17-11(15)10(14)5-16-17)8-3-2-7(12)4-9(8)13/h2-6H,15H2,1H3. The fourth-order valence-corrected chi connectivity index (χ4v) is 2.83. The molecule has 1 aromatic heterocycles. The average Bonchev–Trinajstić information content (AvgIpc) is 2.59. The van der Waals surface area contributed by atoms with Crippen LogP contribution in [0.5, 0.6) is 0 Å². The van der Waals surface area contributed by atoms with Gasteiger partial charge < -0.3 is 5.73 Å². The lowest BCUT2D eigenvalue weighted by molar-refractivity contribution is 0.573. The van der Waals surface area contributed by atoms with E-state index in [1.54, 1.807) is 10.9 Å². The van der Waals surface area contributed by atoms with E-state index in [4.69, 9.17) is 17.3 Å². The van der Waals surface area contributed by atoms with E-state index < -0.39 is 0 Å². The molecule has 0 bridgehead atoms. The highest BCUT2D eigenvalue weighted by Gasteiger charge is 2.16. The van der Waals surface area contributed by atoms with Gasteiger partial charge in [-0.15, -0.1) is 0 Å². The molecule has 90 valence electrons. The van der Waals surface area contributed by atoms with Gasteiger partial charge in [-0.3, -0.25) is 0 Å². The third kappa shape index (κ3) is 2.61. The lowest BCUT2D eigenvalue weighted by Crippen LogP contribution is -2.12. The average molecular weight is 426 g/mol. The van der Waals surface area contributed by atoms with Crippen molar-refractivity contribution in [2.75, 3.05) is 5.73 Å². The molecule has 1 aromatic carbocycles. The van der Waals surface area contributed by atoms with E-state index >= 15 is 0 Å². The van der Waals surface area contributed by atoms with Crippen LogP contribution in [0, 0.1) is 3.57 Å². The number of benzene rings is 1. The lowest BCUT2D eigenvalue weighted by atomic mass is 10.1. The molecule has 0 aliphatic carbocycles. The number of rotatable bonds is 2. The Labute approximate surface area is 127 Å². The summed E-state index contributed by atoms with van der Waals surface area (Å²) in [5, 5.41) is 4.97. The fourth-order valence-electron chi connectivity index (χ4n) is 1.63. The van der Waals surface area contributed by atoms with Gasteiger partial charge in [0.25, 0.3) is 0 Å². The van der Waals surface area contributed by atoms with Crippen molar-refractivity contribution in [1.82, 2.24) is 9.78 Å². The minimum absolute atomic E-state index is 0.0131. The number of aromatic nitrogens is 2. The second-order valence-corrected chi connectivity index (χ2v) is 6.15. The number of hydrogen-bond donors (Lipinski definition) is 1. The van der Waals surface area contributed by atoms with Crippen LogP contribution in [0.25, 0.3) is 0 Å². The van der Waals surface area contributed by atoms with E-state index in [0.717, 1.165) is 13.6 Å². The SMILES string of the molecule is CC(c1ccc(Br)cc1Cl)n1ncc(I)c1N. The van der Waals surface area contributed by atoms with Gasteiger partial charge in [-0.2, -0.15) is 5.10 Å². The predicted octanol–water partition coefficient (Wildman–Crippen LogP) is 4.10. The number of nitrogens with zero attached hydrogens (tertiary/aromatic N) is 2. The molecule has 3 nitrogen and oxygen atoms in total. The Morgan fingerprint density at radius 1 is 1.53 bits per heavy atom. The van der Waals surface area contributed by atoms with Crippen molar-refractivity contribution >= 4 is 55.9 Å². The zero-order chi connectivity index (χ0) is 12.6. The van der Waals surface area contributed by atoms with Gasteiger partial charge in [0.1, 0.15) is 5.82 Å². The second kappa shape index (κ2) is 5.16. The summed E-state index contributed by atoms with van der Waals surface area (Å²) in [6, 6.07) is 5.82. The molecule has 0 saturated carbocycles. The predicted molar refractivity (Wildman–Crippen MR) is 82.3 cm³/mol. The number of hydrogen-bond acceptors (Lipinski definition) is 2. The molecule has 2 aromatic rings. The Balaban J connectivity index is 2.43. The van der Waals surface area contributed by atoms with E-state index in [9.17, 15) is 0 Å². The number of anilines is 1. The molecule has 0 aliphatic rings. The van der Waals surface area contributed by atoms with E-state index in [1.807, 2.05) is 25.1 Å². The summed E-state index contributed by atoms with van der Waals surface area (Å²) in [7, 11) is 0. The molecule has 0 aliphatic heterocycles. The highest BCUT2D eigenvalue weighted by atomic mass is 127. The van der Waals surface area contributed by atoms with Gasteiger partial charge in [0, 0.05) is 9.50 Å². The van der Waals surface area contributed by atoms with E-state index in [-0.39, 0.29) is 6.04 Å². The first-order chi connectivity index (χ1) is 8.00. The van der Waals surface area contributed by atoms with Gasteiger partial charge in [-0.05, 0) is 47.2 Å². The third-order valence-corrected chi connectivity index (χ3v) is 4.22. The maximum absolute atomic E-state index is 6.22. The van der Waals surface area contributed by atoms with Gasteiger partial charge in [-0.1, -0.05) is 33.6 Å². The molecule has 0 radical (unpaired) electrons. The molecule has 0 saturated heterocycles. The number of nitrogen functional groups attached to an aromatic ring is 1. The molecular weight excluding hydrogens is 416 g/mol. The minimum atomic E-state index is 0.0131. The molecule has 1 atom stereocenters. The van der Waals surface area contributed by atoms with Gasteiger partial charge in [0.2, 0.25) is 0 Å². The first-order valence-corrected chi connectivity index (χ1v) is 7.19. The molecule has 0 fully saturated rings. The molecule has 2 N–H and O–H groups in total. The lowest BCUT2D eigenvalue weighted by Gasteiger charge is -2.16. The molecule has 1 unspecified atom stereocenters. The summed E-state index contributed by atoms with van der Waals surface area (Å²) >= 11 is 11.8. The topological polar surface area (TPSA) is 43.8 Å². The molecule has 0 amide bonds. The Morgan fingerprint density at radius 2 is 2.24 bits per heavy atom. The highest BCUT2D eigenvalue weighted by molar-refractivity contribution is 14.1. The summed E-state index contributed by atoms with van der Waals surface area (Å²) in [5.74, 6) is 0.664. The van der Waals surface area contributed by atoms with Crippen molar-refractivity contribution in [3.63, 3.8) is 0 Å². The number of nitrogens with two attached hydrogens (primary N) is 1. The molecular formula is C11H10BrClIN3. The molecule has 17 heavy (non-hydrogen) atoms. The quantitative estimate of drug-likeness (QED) is 0.735. The van der Waals surface area contributed by atoms with Crippen molar-refractivity contribution in [1.29, 1.82) is 0 Å². The van der Waals surface area contributed by atoms with Crippen molar-refractivity contribution in [2.24, 2.45) is 0 Å². The van der Waals surface area contributed by atoms with Crippen LogP contribution in [-0.2, 0) is 0 Å². The van der Waals surface area contributed by atoms with Crippen molar-refractivity contribution in [3.05, 3.63) is 43.0 Å². The first kappa shape index (κ1) is 13.2. The largest absolute Gasteiger partial charge is 0.383 e. The van der Waals surface area contributed by atoms with Crippen LogP contribution < -0.4 is 5.73 Å². The van der Waals surface area contributed by atoms with Gasteiger partial charge in [0.05, 0.1) is 15.8 Å². The van der Waals surface area contributed by atoms with E-state index in [0.29, 0.717) is 10.8 Å². The molecule has 0 spiro atoms. The Kier molecular flexibility index (Phi) is 3.99. The van der Waals surface area contributed by atoms with E-state index in [2.05, 4.69) is 43.6 Å². The summed E-state index contributed by atoms with van der Waals surface area (Å²) in [6.45, 7) is 2.02. The van der Waals surface area contributed by atoms with Crippen LogP contribution >= 0.6 is 50.1 Å². The van der Waals surface area contributed by atoms with Gasteiger partial charge in [0.15, 0.2) is 0 Å². The van der Waals surface area contributed by atoms with Crippen LogP contribution in [0.1, 0.15) is 18.5 Å². The Bertz CT molecular complexity index is 556.